The van der Waals surface area contributed by atoms with E-state index in [-0.39, 0.29) is 53.2 Å². The van der Waals surface area contributed by atoms with Gasteiger partial charge in [0.15, 0.2) is 5.78 Å². The zero-order valence-corrected chi connectivity index (χ0v) is 30.1. The Labute approximate surface area is 293 Å². The quantitative estimate of drug-likeness (QED) is 0.181. The van der Waals surface area contributed by atoms with E-state index in [4.69, 9.17) is 15.9 Å². The van der Waals surface area contributed by atoms with E-state index >= 15 is 0 Å². The molecular weight excluding hydrogens is 612 g/mol. The molecule has 13 atom stereocenters. The molecule has 0 bridgehead atoms. The van der Waals surface area contributed by atoms with Gasteiger partial charge in [0.1, 0.15) is 17.8 Å². The third-order valence-corrected chi connectivity index (χ3v) is 16.8. The molecule has 0 unspecified atom stereocenters. The number of hydrogen-bond acceptors (Lipinski definition) is 6. The van der Waals surface area contributed by atoms with E-state index < -0.39 is 5.60 Å². The molecule has 0 heterocycles. The SMILES string of the molecule is C#C[C@]1(O)CC[C@H]2[C@@H]3CCC4=C[C@@H](OC(=O)CCC(=O)O[C@H]5CC[C@H]6[C@@H]7CCC8=CC(=O)CC[C@]8(C)[C@H]7CC[C@]56C)CC[C@@H]4[C@H]3CC[C@@]21C. The van der Waals surface area contributed by atoms with Crippen LogP contribution in [-0.4, -0.2) is 40.6 Å². The Morgan fingerprint density at radius 1 is 0.796 bits per heavy atom. The molecule has 0 aromatic rings. The van der Waals surface area contributed by atoms with Crippen molar-refractivity contribution in [3.8, 4) is 12.3 Å². The highest BCUT2D eigenvalue weighted by molar-refractivity contribution is 5.91. The molecule has 0 amide bonds. The van der Waals surface area contributed by atoms with Gasteiger partial charge in [-0.25, -0.2) is 0 Å². The number of allylic oxidation sites excluding steroid dienone is 2. The van der Waals surface area contributed by atoms with Crippen LogP contribution in [0.2, 0.25) is 0 Å². The van der Waals surface area contributed by atoms with Crippen LogP contribution < -0.4 is 0 Å². The lowest BCUT2D eigenvalue weighted by Crippen LogP contribution is -2.52. The number of esters is 2. The Kier molecular flexibility index (Phi) is 8.33. The monoisotopic (exact) mass is 670 g/mol. The van der Waals surface area contributed by atoms with Gasteiger partial charge in [-0.05, 0) is 155 Å². The number of aliphatic hydroxyl groups is 1. The van der Waals surface area contributed by atoms with E-state index in [0.29, 0.717) is 53.6 Å². The van der Waals surface area contributed by atoms with E-state index in [1.54, 1.807) is 0 Å². The Bertz CT molecular complexity index is 1500. The molecule has 49 heavy (non-hydrogen) atoms. The van der Waals surface area contributed by atoms with Crippen molar-refractivity contribution in [3.63, 3.8) is 0 Å². The molecular formula is C43H58O6. The maximum atomic E-state index is 13.1. The number of ether oxygens (including phenoxy) is 2. The Morgan fingerprint density at radius 2 is 1.55 bits per heavy atom. The summed E-state index contributed by atoms with van der Waals surface area (Å²) in [6.07, 6.45) is 25.8. The van der Waals surface area contributed by atoms with E-state index in [9.17, 15) is 19.5 Å². The Balaban J connectivity index is 0.826. The van der Waals surface area contributed by atoms with Crippen molar-refractivity contribution in [1.29, 1.82) is 0 Å². The highest BCUT2D eigenvalue weighted by Gasteiger charge is 2.62. The van der Waals surface area contributed by atoms with Gasteiger partial charge in [0.25, 0.3) is 0 Å². The molecule has 0 spiro atoms. The molecule has 8 rings (SSSR count). The normalized spacial score (nSPS) is 48.2. The van der Waals surface area contributed by atoms with E-state index in [1.165, 1.54) is 11.1 Å². The van der Waals surface area contributed by atoms with E-state index in [2.05, 4.69) is 32.8 Å². The van der Waals surface area contributed by atoms with Crippen LogP contribution >= 0.6 is 0 Å². The molecule has 6 fully saturated rings. The van der Waals surface area contributed by atoms with Crippen LogP contribution in [0.25, 0.3) is 0 Å². The molecule has 1 N–H and O–H groups in total. The third-order valence-electron chi connectivity index (χ3n) is 16.8. The lowest BCUT2D eigenvalue weighted by molar-refractivity contribution is -0.162. The van der Waals surface area contributed by atoms with Crippen molar-refractivity contribution in [3.05, 3.63) is 23.3 Å². The predicted molar refractivity (Wildman–Crippen MR) is 187 cm³/mol. The van der Waals surface area contributed by atoms with Crippen molar-refractivity contribution in [2.75, 3.05) is 0 Å². The molecule has 0 aliphatic heterocycles. The molecule has 6 saturated carbocycles. The van der Waals surface area contributed by atoms with Gasteiger partial charge in [-0.1, -0.05) is 37.8 Å². The van der Waals surface area contributed by atoms with Gasteiger partial charge in [-0.3, -0.25) is 14.4 Å². The molecule has 6 heteroatoms. The summed E-state index contributed by atoms with van der Waals surface area (Å²) in [5.41, 5.74) is 1.83. The van der Waals surface area contributed by atoms with Crippen LogP contribution in [-0.2, 0) is 23.9 Å². The van der Waals surface area contributed by atoms with Crippen molar-refractivity contribution < 1.29 is 29.0 Å². The minimum absolute atomic E-state index is 0.0134. The lowest BCUT2D eigenvalue weighted by Gasteiger charge is -2.57. The number of ketones is 1. The van der Waals surface area contributed by atoms with Crippen molar-refractivity contribution in [2.24, 2.45) is 57.7 Å². The standard InChI is InChI=1S/C43H58O6/c1-5-43(47)23-19-36-32-9-6-26-24-29(8-11-30(26)31(32)17-22-42(36,43)4)48-38(45)14-15-39(46)49-37-13-12-34-33-10-7-27-25-28(44)16-20-40(27,2)35(33)18-21-41(34,37)3/h1,24-25,29-37,47H,6-23H2,2-4H3/t29-,30-,31+,32+,33-,34-,35-,36-,37-,40-,41-,42-,43-/m0/s1. The van der Waals surface area contributed by atoms with Crippen molar-refractivity contribution in [1.82, 2.24) is 0 Å². The first-order valence-electron chi connectivity index (χ1n) is 19.9. The molecule has 0 radical (unpaired) electrons. The number of hydrogen-bond donors (Lipinski definition) is 1. The molecule has 0 aromatic heterocycles. The zero-order chi connectivity index (χ0) is 34.3. The summed E-state index contributed by atoms with van der Waals surface area (Å²) in [4.78, 5) is 38.3. The lowest BCUT2D eigenvalue weighted by atomic mass is 9.47. The van der Waals surface area contributed by atoms with Gasteiger partial charge in [-0.15, -0.1) is 6.42 Å². The minimum Gasteiger partial charge on any atom is -0.462 e. The number of carbonyl (C=O) groups excluding carboxylic acids is 3. The molecule has 8 aliphatic rings. The average Bonchev–Trinajstić information content (AvgIpc) is 3.56. The largest absolute Gasteiger partial charge is 0.462 e. The van der Waals surface area contributed by atoms with E-state index in [1.807, 2.05) is 6.08 Å². The van der Waals surface area contributed by atoms with E-state index in [0.717, 1.165) is 96.3 Å². The van der Waals surface area contributed by atoms with Gasteiger partial charge in [0, 0.05) is 17.3 Å². The third kappa shape index (κ3) is 5.24. The topological polar surface area (TPSA) is 89.9 Å². The van der Waals surface area contributed by atoms with Gasteiger partial charge in [-0.2, -0.15) is 0 Å². The molecule has 266 valence electrons. The molecule has 8 aliphatic carbocycles. The number of carbonyl (C=O) groups is 3. The fraction of sp³-hybridized carbons (Fsp3) is 0.791. The number of rotatable bonds is 5. The smallest absolute Gasteiger partial charge is 0.306 e. The maximum absolute atomic E-state index is 13.1. The average molecular weight is 671 g/mol. The predicted octanol–water partition coefficient (Wildman–Crippen LogP) is 8.06. The van der Waals surface area contributed by atoms with Crippen LogP contribution in [0, 0.1) is 70.0 Å². The van der Waals surface area contributed by atoms with Crippen LogP contribution in [0.4, 0.5) is 0 Å². The second-order valence-corrected chi connectivity index (χ2v) is 18.5. The molecule has 0 aromatic carbocycles. The van der Waals surface area contributed by atoms with Gasteiger partial charge in [0.05, 0.1) is 12.8 Å². The van der Waals surface area contributed by atoms with Gasteiger partial charge >= 0.3 is 11.9 Å². The van der Waals surface area contributed by atoms with Crippen LogP contribution in [0.15, 0.2) is 23.3 Å². The fourth-order valence-electron chi connectivity index (χ4n) is 14.0. The summed E-state index contributed by atoms with van der Waals surface area (Å²) in [5, 5.41) is 11.3. The molecule has 6 nitrogen and oxygen atoms in total. The van der Waals surface area contributed by atoms with Crippen LogP contribution in [0.5, 0.6) is 0 Å². The van der Waals surface area contributed by atoms with Crippen molar-refractivity contribution >= 4 is 17.7 Å². The second kappa shape index (κ2) is 12.1. The second-order valence-electron chi connectivity index (χ2n) is 18.5. The summed E-state index contributed by atoms with van der Waals surface area (Å²) in [7, 11) is 0. The molecule has 0 saturated heterocycles. The highest BCUT2D eigenvalue weighted by Crippen LogP contribution is 2.67. The Hall–Kier alpha value is -2.39. The number of terminal acetylenes is 1. The first kappa shape index (κ1) is 33.7. The number of fused-ring (bicyclic) bond motifs is 10. The van der Waals surface area contributed by atoms with Gasteiger partial charge in [0.2, 0.25) is 0 Å². The Morgan fingerprint density at radius 3 is 2.35 bits per heavy atom. The minimum atomic E-state index is -0.969. The first-order valence-corrected chi connectivity index (χ1v) is 19.9. The first-order chi connectivity index (χ1) is 23.4. The maximum Gasteiger partial charge on any atom is 0.306 e. The highest BCUT2D eigenvalue weighted by atomic mass is 16.6. The fourth-order valence-corrected chi connectivity index (χ4v) is 14.0. The summed E-state index contributed by atoms with van der Waals surface area (Å²) in [5.74, 6) is 6.56. The van der Waals surface area contributed by atoms with Crippen LogP contribution in [0.3, 0.4) is 0 Å². The van der Waals surface area contributed by atoms with Crippen LogP contribution in [0.1, 0.15) is 136 Å². The summed E-state index contributed by atoms with van der Waals surface area (Å²) >= 11 is 0. The zero-order valence-electron chi connectivity index (χ0n) is 30.1. The summed E-state index contributed by atoms with van der Waals surface area (Å²) in [6, 6.07) is 0. The summed E-state index contributed by atoms with van der Waals surface area (Å²) < 4.78 is 12.1. The van der Waals surface area contributed by atoms with Crippen molar-refractivity contribution in [2.45, 2.75) is 154 Å². The summed E-state index contributed by atoms with van der Waals surface area (Å²) in [6.45, 7) is 6.99. The van der Waals surface area contributed by atoms with Gasteiger partial charge < -0.3 is 14.6 Å².